The van der Waals surface area contributed by atoms with Crippen molar-refractivity contribution in [1.29, 1.82) is 0 Å². The van der Waals surface area contributed by atoms with Crippen molar-refractivity contribution in [2.75, 3.05) is 13.1 Å². The van der Waals surface area contributed by atoms with Crippen molar-refractivity contribution in [2.24, 2.45) is 5.92 Å². The van der Waals surface area contributed by atoms with Gasteiger partial charge in [-0.1, -0.05) is 35.9 Å². The number of rotatable bonds is 2. The molecule has 126 valence electrons. The number of nitrogens with one attached hydrogen (secondary N) is 1. The lowest BCUT2D eigenvalue weighted by Crippen LogP contribution is -2.34. The normalized spacial score (nSPS) is 24.6. The fourth-order valence-corrected chi connectivity index (χ4v) is 4.41. The molecule has 0 amide bonds. The lowest BCUT2D eigenvalue weighted by molar-refractivity contribution is 0.0697. The summed E-state index contributed by atoms with van der Waals surface area (Å²) in [7, 11) is 0. The maximum absolute atomic E-state index is 11.1. The van der Waals surface area contributed by atoms with E-state index in [0.29, 0.717) is 23.3 Å². The molecule has 4 heteroatoms. The number of fused-ring (bicyclic) bond motifs is 3. The fraction of sp³-hybridized carbons (Fsp3) is 0.350. The van der Waals surface area contributed by atoms with E-state index in [1.165, 1.54) is 28.7 Å². The quantitative estimate of drug-likeness (QED) is 0.868. The van der Waals surface area contributed by atoms with Gasteiger partial charge in [-0.3, -0.25) is 0 Å². The van der Waals surface area contributed by atoms with Crippen LogP contribution in [0.3, 0.4) is 0 Å². The van der Waals surface area contributed by atoms with Crippen LogP contribution >= 0.6 is 12.4 Å². The van der Waals surface area contributed by atoms with E-state index in [-0.39, 0.29) is 12.4 Å². The Balaban J connectivity index is 0.00000169. The number of carboxylic acid groups (broad SMARTS) is 1. The molecule has 2 aliphatic rings. The van der Waals surface area contributed by atoms with Crippen molar-refractivity contribution in [3.05, 3.63) is 70.3 Å². The van der Waals surface area contributed by atoms with Crippen molar-refractivity contribution < 1.29 is 9.90 Å². The highest BCUT2D eigenvalue weighted by atomic mass is 35.5. The highest BCUT2D eigenvalue weighted by molar-refractivity contribution is 5.87. The average Bonchev–Trinajstić information content (AvgIpc) is 2.88. The molecule has 1 fully saturated rings. The Labute approximate surface area is 148 Å². The summed E-state index contributed by atoms with van der Waals surface area (Å²) in [5.74, 6) is 0.714. The fourth-order valence-electron chi connectivity index (χ4n) is 4.41. The predicted octanol–water partition coefficient (Wildman–Crippen LogP) is 3.95. The zero-order valence-corrected chi connectivity index (χ0v) is 14.5. The van der Waals surface area contributed by atoms with E-state index < -0.39 is 5.97 Å². The molecule has 3 atom stereocenters. The molecule has 0 radical (unpaired) electrons. The Morgan fingerprint density at radius 2 is 1.88 bits per heavy atom. The first-order valence-corrected chi connectivity index (χ1v) is 8.29. The topological polar surface area (TPSA) is 49.3 Å². The van der Waals surface area contributed by atoms with Gasteiger partial charge in [0.1, 0.15) is 0 Å². The minimum absolute atomic E-state index is 0. The van der Waals surface area contributed by atoms with Gasteiger partial charge in [0.15, 0.2) is 0 Å². The molecule has 0 saturated carbocycles. The van der Waals surface area contributed by atoms with Crippen LogP contribution in [0.15, 0.2) is 42.5 Å². The van der Waals surface area contributed by atoms with E-state index in [1.54, 1.807) is 12.1 Å². The largest absolute Gasteiger partial charge is 0.478 e. The van der Waals surface area contributed by atoms with Crippen molar-refractivity contribution in [1.82, 2.24) is 5.32 Å². The number of carbonyl (C=O) groups is 1. The second-order valence-electron chi connectivity index (χ2n) is 6.80. The molecule has 3 unspecified atom stereocenters. The summed E-state index contributed by atoms with van der Waals surface area (Å²) in [6.45, 7) is 4.26. The Bertz CT molecular complexity index is 757. The molecule has 4 rings (SSSR count). The molecule has 2 aromatic rings. The van der Waals surface area contributed by atoms with Crippen LogP contribution in [0.1, 0.15) is 50.9 Å². The van der Waals surface area contributed by atoms with Gasteiger partial charge in [-0.05, 0) is 54.6 Å². The Hall–Kier alpha value is -1.84. The van der Waals surface area contributed by atoms with Crippen molar-refractivity contribution in [3.63, 3.8) is 0 Å². The van der Waals surface area contributed by atoms with Gasteiger partial charge in [0.2, 0.25) is 0 Å². The summed E-state index contributed by atoms with van der Waals surface area (Å²) in [6.07, 6.45) is 1.17. The van der Waals surface area contributed by atoms with Gasteiger partial charge in [0, 0.05) is 18.4 Å². The number of hydrogen-bond donors (Lipinski definition) is 2. The van der Waals surface area contributed by atoms with Crippen LogP contribution in [0.4, 0.5) is 0 Å². The summed E-state index contributed by atoms with van der Waals surface area (Å²) >= 11 is 0. The lowest BCUT2D eigenvalue weighted by Gasteiger charge is -2.30. The van der Waals surface area contributed by atoms with Crippen LogP contribution in [0.5, 0.6) is 0 Å². The first-order chi connectivity index (χ1) is 11.1. The minimum atomic E-state index is -0.862. The first kappa shape index (κ1) is 17.0. The number of benzene rings is 2. The molecule has 1 heterocycles. The summed E-state index contributed by atoms with van der Waals surface area (Å²) in [4.78, 5) is 11.1. The molecular formula is C20H22ClNO2. The molecule has 1 aliphatic carbocycles. The number of aromatic carboxylic acids is 1. The van der Waals surface area contributed by atoms with E-state index >= 15 is 0 Å². The lowest BCUT2D eigenvalue weighted by atomic mass is 9.78. The second-order valence-corrected chi connectivity index (χ2v) is 6.80. The zero-order valence-electron chi connectivity index (χ0n) is 13.7. The van der Waals surface area contributed by atoms with Crippen molar-refractivity contribution in [3.8, 4) is 0 Å². The maximum atomic E-state index is 11.1. The summed E-state index contributed by atoms with van der Waals surface area (Å²) in [6, 6.07) is 14.3. The van der Waals surface area contributed by atoms with Gasteiger partial charge < -0.3 is 10.4 Å². The molecule has 3 nitrogen and oxygen atoms in total. The first-order valence-electron chi connectivity index (χ1n) is 8.29. The third-order valence-electron chi connectivity index (χ3n) is 5.46. The van der Waals surface area contributed by atoms with Crippen molar-refractivity contribution in [2.45, 2.75) is 25.2 Å². The maximum Gasteiger partial charge on any atom is 0.335 e. The SMILES string of the molecule is Cc1ccc2c(c1)C(c1ccc(C(=O)O)cc1)C1CCNCC21.Cl. The molecule has 24 heavy (non-hydrogen) atoms. The smallest absolute Gasteiger partial charge is 0.335 e. The van der Waals surface area contributed by atoms with Crippen LogP contribution in [0.25, 0.3) is 0 Å². The molecule has 0 spiro atoms. The summed E-state index contributed by atoms with van der Waals surface area (Å²) in [5.41, 5.74) is 5.81. The summed E-state index contributed by atoms with van der Waals surface area (Å²) < 4.78 is 0. The molecule has 2 aromatic carbocycles. The Morgan fingerprint density at radius 1 is 1.12 bits per heavy atom. The molecule has 0 bridgehead atoms. The van der Waals surface area contributed by atoms with Gasteiger partial charge in [-0.25, -0.2) is 4.79 Å². The Morgan fingerprint density at radius 3 is 2.58 bits per heavy atom. The van der Waals surface area contributed by atoms with Gasteiger partial charge in [-0.2, -0.15) is 0 Å². The number of carboxylic acids is 1. The van der Waals surface area contributed by atoms with Crippen molar-refractivity contribution >= 4 is 18.4 Å². The van der Waals surface area contributed by atoms with E-state index in [0.717, 1.165) is 13.1 Å². The minimum Gasteiger partial charge on any atom is -0.478 e. The zero-order chi connectivity index (χ0) is 16.0. The predicted molar refractivity (Wildman–Crippen MR) is 97.4 cm³/mol. The molecule has 0 aromatic heterocycles. The monoisotopic (exact) mass is 343 g/mol. The second kappa shape index (κ2) is 6.58. The summed E-state index contributed by atoms with van der Waals surface area (Å²) in [5, 5.41) is 12.6. The highest BCUT2D eigenvalue weighted by Crippen LogP contribution is 2.52. The van der Waals surface area contributed by atoms with Crippen LogP contribution in [0.2, 0.25) is 0 Å². The van der Waals surface area contributed by atoms with Crippen LogP contribution in [-0.4, -0.2) is 24.2 Å². The molecule has 2 N–H and O–H groups in total. The van der Waals surface area contributed by atoms with E-state index in [9.17, 15) is 4.79 Å². The number of piperidine rings is 1. The van der Waals surface area contributed by atoms with Crippen LogP contribution in [0, 0.1) is 12.8 Å². The van der Waals surface area contributed by atoms with Gasteiger partial charge in [-0.15, -0.1) is 12.4 Å². The Kier molecular flexibility index (Phi) is 4.66. The van der Waals surface area contributed by atoms with Gasteiger partial charge in [0.25, 0.3) is 0 Å². The number of halogens is 1. The van der Waals surface area contributed by atoms with E-state index in [2.05, 4.69) is 30.4 Å². The third kappa shape index (κ3) is 2.72. The average molecular weight is 344 g/mol. The number of hydrogen-bond acceptors (Lipinski definition) is 2. The van der Waals surface area contributed by atoms with Gasteiger partial charge >= 0.3 is 5.97 Å². The standard InChI is InChI=1S/C20H21NO2.ClH/c1-12-2-7-15-17(10-12)19(16-8-9-21-11-18(15)16)13-3-5-14(6-4-13)20(22)23;/h2-7,10,16,18-19,21H,8-9,11H2,1H3,(H,22,23);1H. The van der Waals surface area contributed by atoms with Crippen LogP contribution in [-0.2, 0) is 0 Å². The highest BCUT2D eigenvalue weighted by Gasteiger charge is 2.42. The number of aryl methyl sites for hydroxylation is 1. The third-order valence-corrected chi connectivity index (χ3v) is 5.46. The van der Waals surface area contributed by atoms with Gasteiger partial charge in [0.05, 0.1) is 5.56 Å². The molecule has 1 aliphatic heterocycles. The van der Waals surface area contributed by atoms with E-state index in [1.807, 2.05) is 12.1 Å². The van der Waals surface area contributed by atoms with E-state index in [4.69, 9.17) is 5.11 Å². The van der Waals surface area contributed by atoms with Crippen LogP contribution < -0.4 is 5.32 Å². The molecule has 1 saturated heterocycles. The molecular weight excluding hydrogens is 322 g/mol.